The molecule has 4 aromatic heterocycles. The Hall–Kier alpha value is -6.69. The molecule has 3 N–H and O–H groups in total. The van der Waals surface area contributed by atoms with Gasteiger partial charge in [-0.1, -0.05) is 24.3 Å². The minimum atomic E-state index is -0.556. The van der Waals surface area contributed by atoms with Gasteiger partial charge in [0.15, 0.2) is 34.6 Å². The first-order chi connectivity index (χ1) is 28.6. The fourth-order valence-electron chi connectivity index (χ4n) is 6.76. The van der Waals surface area contributed by atoms with Crippen molar-refractivity contribution in [2.75, 3.05) is 43.4 Å². The largest absolute Gasteiger partial charge is 0.450 e. The third-order valence-corrected chi connectivity index (χ3v) is 9.97. The molecule has 308 valence electrons. The molecular weight excluding hydrogens is 767 g/mol. The number of anilines is 2. The maximum Gasteiger partial charge on any atom is 0.409 e. The Kier molecular flexibility index (Phi) is 12.5. The molecule has 2 fully saturated rings. The fourth-order valence-corrected chi connectivity index (χ4v) is 6.76. The normalized spacial score (nSPS) is 14.7. The van der Waals surface area contributed by atoms with E-state index in [1.165, 1.54) is 39.5 Å². The highest BCUT2D eigenvalue weighted by atomic mass is 19.1. The van der Waals surface area contributed by atoms with Crippen molar-refractivity contribution in [3.05, 3.63) is 105 Å². The van der Waals surface area contributed by atoms with Crippen molar-refractivity contribution in [1.29, 1.82) is 0 Å². The highest BCUT2D eigenvalue weighted by Crippen LogP contribution is 2.26. The number of fused-ring (bicyclic) bond motifs is 2. The number of rotatable bonds is 9. The first-order valence-electron chi connectivity index (χ1n) is 19.3. The first kappa shape index (κ1) is 40.5. The van der Waals surface area contributed by atoms with E-state index in [0.717, 1.165) is 38.8 Å². The van der Waals surface area contributed by atoms with E-state index in [4.69, 9.17) is 14.2 Å². The molecule has 8 rings (SSSR count). The minimum absolute atomic E-state index is 0.000867. The van der Waals surface area contributed by atoms with Gasteiger partial charge in [-0.2, -0.15) is 9.97 Å². The van der Waals surface area contributed by atoms with Crippen molar-refractivity contribution < 1.29 is 27.8 Å². The number of aromatic nitrogens is 6. The van der Waals surface area contributed by atoms with E-state index in [2.05, 4.69) is 35.9 Å². The lowest BCUT2D eigenvalue weighted by atomic mass is 10.1. The second kappa shape index (κ2) is 18.3. The Morgan fingerprint density at radius 3 is 1.64 bits per heavy atom. The van der Waals surface area contributed by atoms with Crippen molar-refractivity contribution >= 4 is 40.1 Å². The number of hydrogen-bond acceptors (Lipinski definition) is 13. The van der Waals surface area contributed by atoms with Gasteiger partial charge in [-0.3, -0.25) is 18.7 Å². The van der Waals surface area contributed by atoms with Crippen LogP contribution in [0.2, 0.25) is 0 Å². The maximum atomic E-state index is 13.9. The molecule has 59 heavy (non-hydrogen) atoms. The van der Waals surface area contributed by atoms with Gasteiger partial charge in [0.2, 0.25) is 11.9 Å². The van der Waals surface area contributed by atoms with Crippen LogP contribution in [0.4, 0.5) is 25.5 Å². The van der Waals surface area contributed by atoms with Gasteiger partial charge in [-0.25, -0.2) is 23.5 Å². The number of carbonyl (C=O) groups is 1. The van der Waals surface area contributed by atoms with Gasteiger partial charge in [0.25, 0.3) is 11.1 Å². The summed E-state index contributed by atoms with van der Waals surface area (Å²) < 4.78 is 46.5. The highest BCUT2D eigenvalue weighted by molar-refractivity contribution is 5.77. The number of nitrogens with one attached hydrogen (secondary N) is 3. The molecule has 0 spiro atoms. The second-order valence-electron chi connectivity index (χ2n) is 14.0. The summed E-state index contributed by atoms with van der Waals surface area (Å²) in [7, 11) is 3.19. The summed E-state index contributed by atoms with van der Waals surface area (Å²) in [5, 5.41) is 11.1. The summed E-state index contributed by atoms with van der Waals surface area (Å²) in [6.07, 6.45) is 6.39. The van der Waals surface area contributed by atoms with Gasteiger partial charge in [0.1, 0.15) is 11.3 Å². The topological polar surface area (TPSA) is 180 Å². The first-order valence-corrected chi connectivity index (χ1v) is 19.3. The van der Waals surface area contributed by atoms with E-state index in [1.54, 1.807) is 68.6 Å². The van der Waals surface area contributed by atoms with Gasteiger partial charge in [-0.15, -0.1) is 0 Å². The van der Waals surface area contributed by atoms with Crippen LogP contribution in [-0.2, 0) is 18.8 Å². The number of ether oxygens (including phenoxy) is 3. The van der Waals surface area contributed by atoms with Gasteiger partial charge >= 0.3 is 6.09 Å². The number of hydrogen-bond donors (Lipinski definition) is 3. The average Bonchev–Trinajstić information content (AvgIpc) is 3.24. The standard InChI is InChI=1S/C22H24FN5O4.C19H20FN5O2/c1-3-31-22(30)28-10-8-15(9-11-28)25-21-24-13-14-12-18(20(29)27(2)19(14)26-21)32-17-7-5-4-6-16(17)23;1-25-17-12(11-22-19(24-17)23-13-6-8-21-9-7-13)10-16(18(25)26)27-15-5-3-2-4-14(15)20/h4-7,12-13,15H,3,8-11H2,1-2H3,(H,24,25,26);2-5,10-11,13,21H,6-9H2,1H3,(H,22,23,24). The summed E-state index contributed by atoms with van der Waals surface area (Å²) in [5.41, 5.74) is 0.0927. The quantitative estimate of drug-likeness (QED) is 0.162. The Morgan fingerprint density at radius 1 is 0.729 bits per heavy atom. The van der Waals surface area contributed by atoms with Crippen LogP contribution in [0.25, 0.3) is 22.1 Å². The lowest BCUT2D eigenvalue weighted by Gasteiger charge is -2.31. The van der Waals surface area contributed by atoms with Gasteiger partial charge in [-0.05, 0) is 82.1 Å². The van der Waals surface area contributed by atoms with Crippen LogP contribution in [0.1, 0.15) is 32.6 Å². The lowest BCUT2D eigenvalue weighted by Crippen LogP contribution is -2.42. The Morgan fingerprint density at radius 2 is 1.19 bits per heavy atom. The third-order valence-electron chi connectivity index (χ3n) is 9.97. The molecule has 2 aliphatic rings. The molecule has 0 radical (unpaired) electrons. The second-order valence-corrected chi connectivity index (χ2v) is 14.0. The Labute approximate surface area is 337 Å². The summed E-state index contributed by atoms with van der Waals surface area (Å²) >= 11 is 0. The van der Waals surface area contributed by atoms with Crippen molar-refractivity contribution in [3.63, 3.8) is 0 Å². The number of para-hydroxylation sites is 2. The number of amides is 1. The molecule has 0 atom stereocenters. The van der Waals surface area contributed by atoms with Crippen LogP contribution in [0.15, 0.2) is 82.6 Å². The molecule has 2 aromatic carbocycles. The molecule has 0 aliphatic carbocycles. The number of piperidine rings is 2. The molecule has 0 saturated carbocycles. The maximum absolute atomic E-state index is 13.9. The van der Waals surface area contributed by atoms with Crippen LogP contribution in [0, 0.1) is 11.6 Å². The zero-order chi connectivity index (χ0) is 41.5. The van der Waals surface area contributed by atoms with E-state index in [-0.39, 0.29) is 35.1 Å². The molecule has 18 heteroatoms. The molecule has 6 heterocycles. The number of likely N-dealkylation sites (tertiary alicyclic amines) is 1. The number of benzene rings is 2. The summed E-state index contributed by atoms with van der Waals surface area (Å²) in [4.78, 5) is 56.6. The number of aryl methyl sites for hydroxylation is 2. The molecule has 2 aliphatic heterocycles. The fraction of sp³-hybridized carbons (Fsp3) is 0.341. The van der Waals surface area contributed by atoms with Crippen LogP contribution in [0.5, 0.6) is 23.0 Å². The van der Waals surface area contributed by atoms with Gasteiger partial charge < -0.3 is 35.1 Å². The van der Waals surface area contributed by atoms with Crippen LogP contribution in [-0.4, -0.2) is 84.9 Å². The summed E-state index contributed by atoms with van der Waals surface area (Å²) in [6, 6.07) is 15.3. The van der Waals surface area contributed by atoms with Crippen LogP contribution >= 0.6 is 0 Å². The lowest BCUT2D eigenvalue weighted by molar-refractivity contribution is 0.0983. The van der Waals surface area contributed by atoms with E-state index < -0.39 is 22.8 Å². The molecule has 6 aromatic rings. The summed E-state index contributed by atoms with van der Waals surface area (Å²) in [6.45, 7) is 5.22. The smallest absolute Gasteiger partial charge is 0.409 e. The molecule has 16 nitrogen and oxygen atoms in total. The van der Waals surface area contributed by atoms with Crippen molar-refractivity contribution in [2.45, 2.75) is 44.7 Å². The predicted octanol–water partition coefficient (Wildman–Crippen LogP) is 5.72. The van der Waals surface area contributed by atoms with Gasteiger partial charge in [0.05, 0.1) is 6.61 Å². The van der Waals surface area contributed by atoms with Gasteiger partial charge in [0, 0.05) is 62.4 Å². The monoisotopic (exact) mass is 810 g/mol. The number of nitrogens with zero attached hydrogens (tertiary/aromatic N) is 7. The molecule has 2 saturated heterocycles. The predicted molar refractivity (Wildman–Crippen MR) is 217 cm³/mol. The average molecular weight is 811 g/mol. The number of pyridine rings is 2. The van der Waals surface area contributed by atoms with Crippen LogP contribution < -0.4 is 36.5 Å². The number of carbonyl (C=O) groups excluding carboxylic acids is 1. The molecule has 0 unspecified atom stereocenters. The zero-order valence-corrected chi connectivity index (χ0v) is 32.8. The minimum Gasteiger partial charge on any atom is -0.450 e. The third kappa shape index (κ3) is 9.55. The molecule has 0 bridgehead atoms. The van der Waals surface area contributed by atoms with E-state index in [0.29, 0.717) is 59.7 Å². The molecule has 1 amide bonds. The van der Waals surface area contributed by atoms with E-state index >= 15 is 0 Å². The van der Waals surface area contributed by atoms with Crippen molar-refractivity contribution in [2.24, 2.45) is 14.1 Å². The number of halogens is 2. The van der Waals surface area contributed by atoms with E-state index in [1.807, 2.05) is 0 Å². The SMILES string of the molecule is CCOC(=O)N1CCC(Nc2ncc3cc(Oc4ccccc4F)c(=O)n(C)c3n2)CC1.Cn1c(=O)c(Oc2ccccc2F)cc2cnc(NC3CCNCC3)nc21. The Balaban J connectivity index is 0.000000181. The van der Waals surface area contributed by atoms with Crippen molar-refractivity contribution in [3.8, 4) is 23.0 Å². The summed E-state index contributed by atoms with van der Waals surface area (Å²) in [5.74, 6) is -0.219. The highest BCUT2D eigenvalue weighted by Gasteiger charge is 2.24. The zero-order valence-electron chi connectivity index (χ0n) is 32.8. The Bertz CT molecular complexity index is 2570. The molecular formula is C41H44F2N10O6. The van der Waals surface area contributed by atoms with Crippen LogP contribution in [0.3, 0.4) is 0 Å². The van der Waals surface area contributed by atoms with Crippen molar-refractivity contribution in [1.82, 2.24) is 39.3 Å². The van der Waals surface area contributed by atoms with E-state index in [9.17, 15) is 23.2 Å².